The second-order valence-corrected chi connectivity index (χ2v) is 4.80. The molecule has 0 saturated carbocycles. The van der Waals surface area contributed by atoms with Crippen LogP contribution in [-0.2, 0) is 6.42 Å². The molecule has 0 aliphatic heterocycles. The first-order valence-electron chi connectivity index (χ1n) is 7.74. The number of alkyl halides is 2. The molecule has 0 radical (unpaired) electrons. The molecule has 0 spiro atoms. The highest BCUT2D eigenvalue weighted by molar-refractivity contribution is 5.79. The zero-order chi connectivity index (χ0) is 17.1. The van der Waals surface area contributed by atoms with Gasteiger partial charge in [-0.25, -0.2) is 0 Å². The Morgan fingerprint density at radius 3 is 2.61 bits per heavy atom. The summed E-state index contributed by atoms with van der Waals surface area (Å²) in [6.07, 6.45) is 1.63. The second kappa shape index (κ2) is 10.6. The minimum Gasteiger partial charge on any atom is -0.493 e. The average molecular weight is 329 g/mol. The van der Waals surface area contributed by atoms with Crippen molar-refractivity contribution in [2.75, 3.05) is 26.7 Å². The van der Waals surface area contributed by atoms with Gasteiger partial charge in [-0.1, -0.05) is 13.0 Å². The van der Waals surface area contributed by atoms with Crippen LogP contribution in [0.5, 0.6) is 11.5 Å². The molecule has 1 aromatic carbocycles. The summed E-state index contributed by atoms with van der Waals surface area (Å²) in [5.74, 6) is 1.10. The van der Waals surface area contributed by atoms with Crippen LogP contribution in [0.25, 0.3) is 0 Å². The molecule has 0 unspecified atom stereocenters. The van der Waals surface area contributed by atoms with Gasteiger partial charge in [0.05, 0.1) is 7.11 Å². The minimum atomic E-state index is -2.88. The number of hydrogen-bond acceptors (Lipinski definition) is 3. The Labute approximate surface area is 136 Å². The summed E-state index contributed by atoms with van der Waals surface area (Å²) in [6, 6.07) is 5.03. The Morgan fingerprint density at radius 2 is 2.00 bits per heavy atom. The average Bonchev–Trinajstić information content (AvgIpc) is 2.52. The third-order valence-electron chi connectivity index (χ3n) is 2.99. The van der Waals surface area contributed by atoms with Gasteiger partial charge in [-0.2, -0.15) is 8.78 Å². The topological polar surface area (TPSA) is 54.9 Å². The van der Waals surface area contributed by atoms with Crippen LogP contribution in [0.1, 0.15) is 25.8 Å². The quantitative estimate of drug-likeness (QED) is 0.540. The molecule has 130 valence electrons. The third-order valence-corrected chi connectivity index (χ3v) is 2.99. The van der Waals surface area contributed by atoms with Crippen molar-refractivity contribution < 1.29 is 18.3 Å². The van der Waals surface area contributed by atoms with Gasteiger partial charge in [0, 0.05) is 19.6 Å². The highest BCUT2D eigenvalue weighted by atomic mass is 19.3. The summed E-state index contributed by atoms with van der Waals surface area (Å²) in [5, 5.41) is 6.37. The van der Waals surface area contributed by atoms with Gasteiger partial charge in [0.2, 0.25) is 0 Å². The zero-order valence-corrected chi connectivity index (χ0v) is 13.9. The zero-order valence-electron chi connectivity index (χ0n) is 13.9. The molecule has 7 heteroatoms. The van der Waals surface area contributed by atoms with E-state index >= 15 is 0 Å². The second-order valence-electron chi connectivity index (χ2n) is 4.80. The maximum absolute atomic E-state index is 12.4. The molecule has 5 nitrogen and oxygen atoms in total. The van der Waals surface area contributed by atoms with E-state index in [1.165, 1.54) is 7.11 Å². The van der Waals surface area contributed by atoms with Crippen LogP contribution in [0.3, 0.4) is 0 Å². The first-order chi connectivity index (χ1) is 11.1. The van der Waals surface area contributed by atoms with Gasteiger partial charge < -0.3 is 20.1 Å². The number of guanidine groups is 1. The fourth-order valence-electron chi connectivity index (χ4n) is 1.96. The molecule has 0 aliphatic rings. The van der Waals surface area contributed by atoms with E-state index in [1.54, 1.807) is 12.1 Å². The Hall–Kier alpha value is -2.05. The number of aliphatic imine (C=N–C) groups is 1. The molecule has 0 aliphatic carbocycles. The molecule has 2 N–H and O–H groups in total. The van der Waals surface area contributed by atoms with Crippen molar-refractivity contribution in [3.05, 3.63) is 23.8 Å². The summed E-state index contributed by atoms with van der Waals surface area (Å²) < 4.78 is 34.3. The van der Waals surface area contributed by atoms with E-state index in [2.05, 4.69) is 27.3 Å². The number of nitrogens with one attached hydrogen (secondary N) is 2. The molecule has 0 bridgehead atoms. The maximum Gasteiger partial charge on any atom is 0.387 e. The molecule has 1 rings (SSSR count). The van der Waals surface area contributed by atoms with E-state index in [0.29, 0.717) is 18.7 Å². The van der Waals surface area contributed by atoms with Gasteiger partial charge in [0.15, 0.2) is 17.5 Å². The lowest BCUT2D eigenvalue weighted by Gasteiger charge is -2.13. The number of benzene rings is 1. The van der Waals surface area contributed by atoms with E-state index in [-0.39, 0.29) is 5.75 Å². The van der Waals surface area contributed by atoms with Crippen molar-refractivity contribution in [3.63, 3.8) is 0 Å². The van der Waals surface area contributed by atoms with Crippen LogP contribution in [0.4, 0.5) is 8.78 Å². The lowest BCUT2D eigenvalue weighted by molar-refractivity contribution is -0.0512. The monoisotopic (exact) mass is 329 g/mol. The molecule has 0 atom stereocenters. The van der Waals surface area contributed by atoms with Gasteiger partial charge in [0.1, 0.15) is 0 Å². The van der Waals surface area contributed by atoms with Crippen LogP contribution < -0.4 is 20.1 Å². The van der Waals surface area contributed by atoms with Gasteiger partial charge >= 0.3 is 6.61 Å². The van der Waals surface area contributed by atoms with Crippen molar-refractivity contribution in [2.45, 2.75) is 33.3 Å². The number of methoxy groups -OCH3 is 1. The SMILES string of the molecule is CCCN=C(NCC)NCCc1ccc(OC)c(OC(F)F)c1. The fraction of sp³-hybridized carbons (Fsp3) is 0.562. The van der Waals surface area contributed by atoms with Crippen LogP contribution >= 0.6 is 0 Å². The van der Waals surface area contributed by atoms with Crippen molar-refractivity contribution in [1.82, 2.24) is 10.6 Å². The Morgan fingerprint density at radius 1 is 1.22 bits per heavy atom. The number of halogens is 2. The summed E-state index contributed by atoms with van der Waals surface area (Å²) in [4.78, 5) is 4.40. The molecule has 23 heavy (non-hydrogen) atoms. The molecule has 0 amide bonds. The van der Waals surface area contributed by atoms with E-state index in [4.69, 9.17) is 4.74 Å². The van der Waals surface area contributed by atoms with Gasteiger partial charge in [-0.3, -0.25) is 4.99 Å². The molecule has 0 heterocycles. The van der Waals surface area contributed by atoms with Crippen molar-refractivity contribution in [2.24, 2.45) is 4.99 Å². The summed E-state index contributed by atoms with van der Waals surface area (Å²) in [5.41, 5.74) is 0.875. The Balaban J connectivity index is 2.62. The predicted molar refractivity (Wildman–Crippen MR) is 87.6 cm³/mol. The van der Waals surface area contributed by atoms with Crippen LogP contribution in [0.2, 0.25) is 0 Å². The van der Waals surface area contributed by atoms with E-state index in [1.807, 2.05) is 13.0 Å². The standard InChI is InChI=1S/C16H25F2N3O2/c1-4-9-20-16(19-5-2)21-10-8-12-6-7-13(22-3)14(11-12)23-15(17)18/h6-7,11,15H,4-5,8-10H2,1-3H3,(H2,19,20,21). The molecular formula is C16H25F2N3O2. The minimum absolute atomic E-state index is 0.0477. The predicted octanol–water partition coefficient (Wildman–Crippen LogP) is 2.80. The third kappa shape index (κ3) is 7.17. The first-order valence-corrected chi connectivity index (χ1v) is 7.74. The largest absolute Gasteiger partial charge is 0.493 e. The van der Waals surface area contributed by atoms with Crippen LogP contribution in [0, 0.1) is 0 Å². The fourth-order valence-corrected chi connectivity index (χ4v) is 1.96. The van der Waals surface area contributed by atoms with E-state index < -0.39 is 6.61 Å². The van der Waals surface area contributed by atoms with Crippen LogP contribution in [0.15, 0.2) is 23.2 Å². The molecule has 0 aromatic heterocycles. The molecule has 0 saturated heterocycles. The highest BCUT2D eigenvalue weighted by Crippen LogP contribution is 2.29. The lowest BCUT2D eigenvalue weighted by Crippen LogP contribution is -2.38. The van der Waals surface area contributed by atoms with E-state index in [0.717, 1.165) is 31.0 Å². The smallest absolute Gasteiger partial charge is 0.387 e. The van der Waals surface area contributed by atoms with Gasteiger partial charge in [-0.15, -0.1) is 0 Å². The van der Waals surface area contributed by atoms with Crippen molar-refractivity contribution in [1.29, 1.82) is 0 Å². The molecular weight excluding hydrogens is 304 g/mol. The number of rotatable bonds is 9. The summed E-state index contributed by atoms with van der Waals surface area (Å²) in [7, 11) is 1.42. The highest BCUT2D eigenvalue weighted by Gasteiger charge is 2.11. The van der Waals surface area contributed by atoms with Crippen molar-refractivity contribution >= 4 is 5.96 Å². The van der Waals surface area contributed by atoms with Crippen LogP contribution in [-0.4, -0.2) is 39.3 Å². The molecule has 0 fully saturated rings. The molecule has 1 aromatic rings. The number of hydrogen-bond donors (Lipinski definition) is 2. The van der Waals surface area contributed by atoms with Gasteiger partial charge in [0.25, 0.3) is 0 Å². The van der Waals surface area contributed by atoms with Gasteiger partial charge in [-0.05, 0) is 37.5 Å². The lowest BCUT2D eigenvalue weighted by atomic mass is 10.1. The summed E-state index contributed by atoms with van der Waals surface area (Å²) in [6.45, 7) is 3.36. The number of nitrogens with zero attached hydrogens (tertiary/aromatic N) is 1. The summed E-state index contributed by atoms with van der Waals surface area (Å²) >= 11 is 0. The number of ether oxygens (including phenoxy) is 2. The maximum atomic E-state index is 12.4. The van der Waals surface area contributed by atoms with E-state index in [9.17, 15) is 8.78 Å². The normalized spacial score (nSPS) is 11.5. The van der Waals surface area contributed by atoms with Crippen molar-refractivity contribution in [3.8, 4) is 11.5 Å². The first kappa shape index (κ1) is 19.0. The Kier molecular flexibility index (Phi) is 8.79. The Bertz CT molecular complexity index is 496.